The standard InChI is InChI=1S/C27H16BrN/c28-18-14-15-23-24(16-18)29-27(17-8-2-1-3-9-17)26-22-13-7-5-11-20(22)19-10-4-6-12-21(19)25(23)26/h1-16H. The zero-order valence-corrected chi connectivity index (χ0v) is 17.1. The molecule has 0 aliphatic heterocycles. The summed E-state index contributed by atoms with van der Waals surface area (Å²) in [5, 5.41) is 8.75. The van der Waals surface area contributed by atoms with Crippen LogP contribution in [0.4, 0.5) is 0 Å². The predicted molar refractivity (Wildman–Crippen MR) is 127 cm³/mol. The second-order valence-electron chi connectivity index (χ2n) is 7.33. The number of hydrogen-bond donors (Lipinski definition) is 0. The highest BCUT2D eigenvalue weighted by Crippen LogP contribution is 2.42. The van der Waals surface area contributed by atoms with Crippen molar-refractivity contribution in [2.24, 2.45) is 0 Å². The van der Waals surface area contributed by atoms with Crippen molar-refractivity contribution in [3.05, 3.63) is 102 Å². The average Bonchev–Trinajstić information content (AvgIpc) is 2.78. The van der Waals surface area contributed by atoms with Gasteiger partial charge < -0.3 is 0 Å². The molecule has 1 aromatic heterocycles. The molecule has 1 heterocycles. The number of fused-ring (bicyclic) bond motifs is 8. The van der Waals surface area contributed by atoms with E-state index >= 15 is 0 Å². The molecule has 6 rings (SSSR count). The van der Waals surface area contributed by atoms with Crippen molar-refractivity contribution in [1.82, 2.24) is 4.98 Å². The highest BCUT2D eigenvalue weighted by molar-refractivity contribution is 9.10. The summed E-state index contributed by atoms with van der Waals surface area (Å²) in [6.45, 7) is 0. The van der Waals surface area contributed by atoms with Gasteiger partial charge in [0.1, 0.15) is 0 Å². The maximum absolute atomic E-state index is 5.16. The lowest BCUT2D eigenvalue weighted by Crippen LogP contribution is -1.93. The van der Waals surface area contributed by atoms with Gasteiger partial charge in [-0.3, -0.25) is 0 Å². The van der Waals surface area contributed by atoms with Crippen LogP contribution in [-0.2, 0) is 0 Å². The Morgan fingerprint density at radius 3 is 1.79 bits per heavy atom. The maximum atomic E-state index is 5.16. The first-order chi connectivity index (χ1) is 14.3. The van der Waals surface area contributed by atoms with Crippen LogP contribution in [0.25, 0.3) is 54.5 Å². The van der Waals surface area contributed by atoms with E-state index in [0.717, 1.165) is 21.2 Å². The lowest BCUT2D eigenvalue weighted by molar-refractivity contribution is 1.43. The molecule has 0 atom stereocenters. The van der Waals surface area contributed by atoms with E-state index in [1.807, 2.05) is 0 Å². The van der Waals surface area contributed by atoms with E-state index < -0.39 is 0 Å². The summed E-state index contributed by atoms with van der Waals surface area (Å²) in [5.74, 6) is 0. The third-order valence-corrected chi connectivity index (χ3v) is 6.17. The molecule has 0 saturated carbocycles. The van der Waals surface area contributed by atoms with Gasteiger partial charge in [-0.1, -0.05) is 101 Å². The molecule has 0 saturated heterocycles. The van der Waals surface area contributed by atoms with Crippen molar-refractivity contribution in [3.63, 3.8) is 0 Å². The number of benzene rings is 5. The Kier molecular flexibility index (Phi) is 3.68. The third-order valence-electron chi connectivity index (χ3n) is 5.68. The topological polar surface area (TPSA) is 12.9 Å². The van der Waals surface area contributed by atoms with Gasteiger partial charge in [-0.2, -0.15) is 0 Å². The molecule has 0 aliphatic rings. The zero-order chi connectivity index (χ0) is 19.4. The molecule has 5 aromatic carbocycles. The van der Waals surface area contributed by atoms with E-state index in [1.54, 1.807) is 0 Å². The minimum absolute atomic E-state index is 1.01. The summed E-state index contributed by atoms with van der Waals surface area (Å²) in [7, 11) is 0. The third kappa shape index (κ3) is 2.49. The van der Waals surface area contributed by atoms with Gasteiger partial charge in [0, 0.05) is 26.2 Å². The number of hydrogen-bond acceptors (Lipinski definition) is 1. The quantitative estimate of drug-likeness (QED) is 0.238. The number of halogens is 1. The fourth-order valence-electron chi connectivity index (χ4n) is 4.46. The molecule has 0 amide bonds. The second kappa shape index (κ2) is 6.40. The summed E-state index contributed by atoms with van der Waals surface area (Å²) in [6, 6.07) is 34.3. The molecule has 1 nitrogen and oxygen atoms in total. The smallest absolute Gasteiger partial charge is 0.0794 e. The van der Waals surface area contributed by atoms with E-state index in [4.69, 9.17) is 4.98 Å². The van der Waals surface area contributed by atoms with E-state index in [9.17, 15) is 0 Å². The van der Waals surface area contributed by atoms with Crippen LogP contribution in [-0.4, -0.2) is 4.98 Å². The predicted octanol–water partition coefficient (Wildman–Crippen LogP) is 8.12. The molecule has 0 aliphatic carbocycles. The van der Waals surface area contributed by atoms with Crippen LogP contribution in [0.5, 0.6) is 0 Å². The fourth-order valence-corrected chi connectivity index (χ4v) is 4.81. The summed E-state index contributed by atoms with van der Waals surface area (Å²) >= 11 is 3.63. The van der Waals surface area contributed by atoms with Gasteiger partial charge in [-0.05, 0) is 33.7 Å². The Hall–Kier alpha value is -3.23. The van der Waals surface area contributed by atoms with E-state index in [0.29, 0.717) is 0 Å². The molecular formula is C27H16BrN. The van der Waals surface area contributed by atoms with Crippen LogP contribution in [0.2, 0.25) is 0 Å². The monoisotopic (exact) mass is 433 g/mol. The first-order valence-corrected chi connectivity index (χ1v) is 10.5. The zero-order valence-electron chi connectivity index (χ0n) is 15.6. The average molecular weight is 434 g/mol. The molecule has 0 bridgehead atoms. The van der Waals surface area contributed by atoms with Gasteiger partial charge in [0.2, 0.25) is 0 Å². The molecule has 29 heavy (non-hydrogen) atoms. The van der Waals surface area contributed by atoms with Crippen molar-refractivity contribution in [2.75, 3.05) is 0 Å². The lowest BCUT2D eigenvalue weighted by Gasteiger charge is -2.16. The minimum atomic E-state index is 1.01. The van der Waals surface area contributed by atoms with Crippen LogP contribution in [0, 0.1) is 0 Å². The Bertz CT molecular complexity index is 1550. The van der Waals surface area contributed by atoms with Gasteiger partial charge in [0.15, 0.2) is 0 Å². The molecule has 0 fully saturated rings. The van der Waals surface area contributed by atoms with Crippen molar-refractivity contribution >= 4 is 59.2 Å². The van der Waals surface area contributed by atoms with Crippen molar-refractivity contribution in [1.29, 1.82) is 0 Å². The van der Waals surface area contributed by atoms with Crippen LogP contribution >= 0.6 is 15.9 Å². The molecule has 6 aromatic rings. The van der Waals surface area contributed by atoms with Gasteiger partial charge in [-0.15, -0.1) is 0 Å². The van der Waals surface area contributed by atoms with Crippen molar-refractivity contribution in [3.8, 4) is 11.3 Å². The molecule has 0 radical (unpaired) electrons. The normalized spacial score (nSPS) is 11.6. The molecule has 0 N–H and O–H groups in total. The molecule has 136 valence electrons. The van der Waals surface area contributed by atoms with Crippen molar-refractivity contribution < 1.29 is 0 Å². The number of rotatable bonds is 1. The summed E-state index contributed by atoms with van der Waals surface area (Å²) in [6.07, 6.45) is 0. The summed E-state index contributed by atoms with van der Waals surface area (Å²) in [5.41, 5.74) is 3.18. The first kappa shape index (κ1) is 16.7. The Morgan fingerprint density at radius 2 is 1.10 bits per heavy atom. The van der Waals surface area contributed by atoms with E-state index in [2.05, 4.69) is 113 Å². The molecule has 2 heteroatoms. The summed E-state index contributed by atoms with van der Waals surface area (Å²) < 4.78 is 1.04. The highest BCUT2D eigenvalue weighted by atomic mass is 79.9. The summed E-state index contributed by atoms with van der Waals surface area (Å²) in [4.78, 5) is 5.16. The van der Waals surface area contributed by atoms with Gasteiger partial charge >= 0.3 is 0 Å². The van der Waals surface area contributed by atoms with E-state index in [1.165, 1.54) is 37.7 Å². The molecule has 0 unspecified atom stereocenters. The fraction of sp³-hybridized carbons (Fsp3) is 0. The minimum Gasteiger partial charge on any atom is -0.247 e. The number of aromatic nitrogens is 1. The highest BCUT2D eigenvalue weighted by Gasteiger charge is 2.17. The SMILES string of the molecule is Brc1ccc2c(c1)nc(-c1ccccc1)c1c3ccccc3c3ccccc3c21. The Balaban J connectivity index is 2.00. The first-order valence-electron chi connectivity index (χ1n) is 9.69. The lowest BCUT2D eigenvalue weighted by atomic mass is 9.90. The number of nitrogens with zero attached hydrogens (tertiary/aromatic N) is 1. The second-order valence-corrected chi connectivity index (χ2v) is 8.24. The Morgan fingerprint density at radius 1 is 0.517 bits per heavy atom. The van der Waals surface area contributed by atoms with Gasteiger partial charge in [0.05, 0.1) is 11.2 Å². The molecular weight excluding hydrogens is 418 g/mol. The van der Waals surface area contributed by atoms with E-state index in [-0.39, 0.29) is 0 Å². The molecule has 0 spiro atoms. The largest absolute Gasteiger partial charge is 0.247 e. The van der Waals surface area contributed by atoms with Crippen molar-refractivity contribution in [2.45, 2.75) is 0 Å². The van der Waals surface area contributed by atoms with Crippen LogP contribution in [0.1, 0.15) is 0 Å². The van der Waals surface area contributed by atoms with Crippen LogP contribution in [0.3, 0.4) is 0 Å². The van der Waals surface area contributed by atoms with Crippen LogP contribution < -0.4 is 0 Å². The van der Waals surface area contributed by atoms with Gasteiger partial charge in [0.25, 0.3) is 0 Å². The Labute approximate surface area is 176 Å². The maximum Gasteiger partial charge on any atom is 0.0794 e. The number of pyridine rings is 1. The van der Waals surface area contributed by atoms with Gasteiger partial charge in [-0.25, -0.2) is 4.98 Å². The van der Waals surface area contributed by atoms with Crippen LogP contribution in [0.15, 0.2) is 102 Å².